The van der Waals surface area contributed by atoms with E-state index in [4.69, 9.17) is 4.74 Å². The van der Waals surface area contributed by atoms with Gasteiger partial charge in [-0.15, -0.1) is 0 Å². The number of carbonyl (C=O) groups excluding carboxylic acids is 1. The van der Waals surface area contributed by atoms with Crippen molar-refractivity contribution >= 4 is 27.5 Å². The zero-order valence-corrected chi connectivity index (χ0v) is 11.6. The van der Waals surface area contributed by atoms with Crippen molar-refractivity contribution in [1.82, 2.24) is 5.32 Å². The van der Waals surface area contributed by atoms with Crippen LogP contribution in [0.2, 0.25) is 0 Å². The van der Waals surface area contributed by atoms with Gasteiger partial charge < -0.3 is 15.4 Å². The lowest BCUT2D eigenvalue weighted by Crippen LogP contribution is -2.30. The molecule has 2 N–H and O–H groups in total. The predicted octanol–water partition coefficient (Wildman–Crippen LogP) is 1.93. The molecule has 0 bridgehead atoms. The third kappa shape index (κ3) is 4.85. The first-order chi connectivity index (χ1) is 8.15. The second kappa shape index (κ2) is 7.42. The highest BCUT2D eigenvalue weighted by Gasteiger charge is 2.06. The van der Waals surface area contributed by atoms with Crippen LogP contribution in [0.5, 0.6) is 0 Å². The van der Waals surface area contributed by atoms with Gasteiger partial charge in [0, 0.05) is 18.1 Å². The molecule has 0 radical (unpaired) electrons. The van der Waals surface area contributed by atoms with Gasteiger partial charge in [0.05, 0.1) is 18.8 Å². The highest BCUT2D eigenvalue weighted by atomic mass is 79.9. The summed E-state index contributed by atoms with van der Waals surface area (Å²) in [5.41, 5.74) is 1.89. The van der Waals surface area contributed by atoms with E-state index in [2.05, 4.69) is 26.6 Å². The molecule has 1 aromatic rings. The lowest BCUT2D eigenvalue weighted by Gasteiger charge is -2.09. The number of hydrogen-bond acceptors (Lipinski definition) is 3. The predicted molar refractivity (Wildman–Crippen MR) is 72.3 cm³/mol. The molecule has 0 unspecified atom stereocenters. The van der Waals surface area contributed by atoms with Gasteiger partial charge in [-0.1, -0.05) is 12.1 Å². The van der Waals surface area contributed by atoms with Crippen LogP contribution in [0.25, 0.3) is 0 Å². The van der Waals surface area contributed by atoms with Gasteiger partial charge in [0.15, 0.2) is 0 Å². The Morgan fingerprint density at radius 1 is 1.47 bits per heavy atom. The second-order valence-electron chi connectivity index (χ2n) is 3.65. The molecule has 1 rings (SSSR count). The number of halogens is 1. The van der Waals surface area contributed by atoms with E-state index in [-0.39, 0.29) is 12.5 Å². The first-order valence-electron chi connectivity index (χ1n) is 5.39. The summed E-state index contributed by atoms with van der Waals surface area (Å²) in [6.07, 6.45) is 0. The van der Waals surface area contributed by atoms with Crippen LogP contribution in [-0.2, 0) is 9.53 Å². The SMILES string of the molecule is COCCNCC(=O)Nc1cccc(C)c1Br. The van der Waals surface area contributed by atoms with Gasteiger partial charge in [0.2, 0.25) is 5.91 Å². The second-order valence-corrected chi connectivity index (χ2v) is 4.45. The van der Waals surface area contributed by atoms with Crippen LogP contribution >= 0.6 is 15.9 Å². The Bertz CT molecular complexity index is 383. The molecule has 4 nitrogen and oxygen atoms in total. The molecule has 17 heavy (non-hydrogen) atoms. The Labute approximate surface area is 110 Å². The first kappa shape index (κ1) is 14.2. The van der Waals surface area contributed by atoms with Crippen LogP contribution in [-0.4, -0.2) is 32.7 Å². The molecule has 0 saturated carbocycles. The van der Waals surface area contributed by atoms with Crippen molar-refractivity contribution in [2.75, 3.05) is 32.1 Å². The van der Waals surface area contributed by atoms with Gasteiger partial charge in [-0.25, -0.2) is 0 Å². The Kier molecular flexibility index (Phi) is 6.18. The van der Waals surface area contributed by atoms with Crippen molar-refractivity contribution in [3.8, 4) is 0 Å². The summed E-state index contributed by atoms with van der Waals surface area (Å²) in [7, 11) is 1.63. The third-order valence-electron chi connectivity index (χ3n) is 2.23. The normalized spacial score (nSPS) is 10.3. The molecule has 94 valence electrons. The van der Waals surface area contributed by atoms with E-state index >= 15 is 0 Å². The number of nitrogens with one attached hydrogen (secondary N) is 2. The van der Waals surface area contributed by atoms with Crippen molar-refractivity contribution in [1.29, 1.82) is 0 Å². The molecule has 1 aromatic carbocycles. The summed E-state index contributed by atoms with van der Waals surface area (Å²) in [5, 5.41) is 5.83. The smallest absolute Gasteiger partial charge is 0.238 e. The van der Waals surface area contributed by atoms with Crippen molar-refractivity contribution in [2.24, 2.45) is 0 Å². The number of methoxy groups -OCH3 is 1. The van der Waals surface area contributed by atoms with Gasteiger partial charge in [0.25, 0.3) is 0 Å². The van der Waals surface area contributed by atoms with Crippen molar-refractivity contribution < 1.29 is 9.53 Å². The molecule has 0 aliphatic heterocycles. The number of anilines is 1. The summed E-state index contributed by atoms with van der Waals surface area (Å²) in [5.74, 6) is -0.0626. The summed E-state index contributed by atoms with van der Waals surface area (Å²) in [6.45, 7) is 3.53. The van der Waals surface area contributed by atoms with Gasteiger partial charge in [0.1, 0.15) is 0 Å². The molecule has 0 saturated heterocycles. The average molecular weight is 301 g/mol. The number of aryl methyl sites for hydroxylation is 1. The maximum Gasteiger partial charge on any atom is 0.238 e. The number of rotatable bonds is 6. The lowest BCUT2D eigenvalue weighted by atomic mass is 10.2. The summed E-state index contributed by atoms with van der Waals surface area (Å²) >= 11 is 3.45. The summed E-state index contributed by atoms with van der Waals surface area (Å²) in [4.78, 5) is 11.6. The van der Waals surface area contributed by atoms with E-state index in [0.717, 1.165) is 15.7 Å². The Morgan fingerprint density at radius 2 is 2.24 bits per heavy atom. The Hall–Kier alpha value is -0.910. The molecule has 0 aliphatic carbocycles. The molecular formula is C12H17BrN2O2. The maximum atomic E-state index is 11.6. The van der Waals surface area contributed by atoms with E-state index in [9.17, 15) is 4.79 Å². The minimum atomic E-state index is -0.0626. The number of hydrogen-bond donors (Lipinski definition) is 2. The molecule has 5 heteroatoms. The van der Waals surface area contributed by atoms with Gasteiger partial charge in [-0.2, -0.15) is 0 Å². The van der Waals surface area contributed by atoms with Crippen molar-refractivity contribution in [2.45, 2.75) is 6.92 Å². The number of amides is 1. The van der Waals surface area contributed by atoms with Crippen LogP contribution in [0.1, 0.15) is 5.56 Å². The topological polar surface area (TPSA) is 50.4 Å². The fourth-order valence-electron chi connectivity index (χ4n) is 1.31. The molecule has 0 aromatic heterocycles. The van der Waals surface area contributed by atoms with E-state index in [1.54, 1.807) is 7.11 Å². The molecular weight excluding hydrogens is 284 g/mol. The van der Waals surface area contributed by atoms with Crippen molar-refractivity contribution in [3.63, 3.8) is 0 Å². The number of ether oxygens (including phenoxy) is 1. The fraction of sp³-hybridized carbons (Fsp3) is 0.417. The summed E-state index contributed by atoms with van der Waals surface area (Å²) in [6, 6.07) is 5.76. The molecule has 0 heterocycles. The fourth-order valence-corrected chi connectivity index (χ4v) is 1.68. The highest BCUT2D eigenvalue weighted by Crippen LogP contribution is 2.25. The lowest BCUT2D eigenvalue weighted by molar-refractivity contribution is -0.115. The number of carbonyl (C=O) groups is 1. The third-order valence-corrected chi connectivity index (χ3v) is 3.29. The quantitative estimate of drug-likeness (QED) is 0.789. The largest absolute Gasteiger partial charge is 0.383 e. The first-order valence-corrected chi connectivity index (χ1v) is 6.19. The van der Waals surface area contributed by atoms with Crippen LogP contribution in [0.15, 0.2) is 22.7 Å². The standard InChI is InChI=1S/C12H17BrN2O2/c1-9-4-3-5-10(12(9)13)15-11(16)8-14-6-7-17-2/h3-5,14H,6-8H2,1-2H3,(H,15,16). The Balaban J connectivity index is 2.43. The van der Waals surface area contributed by atoms with Crippen LogP contribution in [0.3, 0.4) is 0 Å². The molecule has 1 amide bonds. The highest BCUT2D eigenvalue weighted by molar-refractivity contribution is 9.10. The number of benzene rings is 1. The van der Waals surface area contributed by atoms with Gasteiger partial charge in [-0.3, -0.25) is 4.79 Å². The minimum absolute atomic E-state index is 0.0626. The van der Waals surface area contributed by atoms with E-state index < -0.39 is 0 Å². The van der Waals surface area contributed by atoms with Crippen LogP contribution < -0.4 is 10.6 Å². The minimum Gasteiger partial charge on any atom is -0.383 e. The van der Waals surface area contributed by atoms with Gasteiger partial charge >= 0.3 is 0 Å². The van der Waals surface area contributed by atoms with E-state index in [1.165, 1.54) is 0 Å². The monoisotopic (exact) mass is 300 g/mol. The van der Waals surface area contributed by atoms with E-state index in [0.29, 0.717) is 13.2 Å². The summed E-state index contributed by atoms with van der Waals surface area (Å²) < 4.78 is 5.80. The van der Waals surface area contributed by atoms with Crippen LogP contribution in [0, 0.1) is 6.92 Å². The zero-order valence-electron chi connectivity index (χ0n) is 10.0. The van der Waals surface area contributed by atoms with Crippen LogP contribution in [0.4, 0.5) is 5.69 Å². The molecule has 0 spiro atoms. The zero-order chi connectivity index (χ0) is 12.7. The van der Waals surface area contributed by atoms with Crippen molar-refractivity contribution in [3.05, 3.63) is 28.2 Å². The molecule has 0 atom stereocenters. The molecule has 0 aliphatic rings. The van der Waals surface area contributed by atoms with Gasteiger partial charge in [-0.05, 0) is 34.5 Å². The molecule has 0 fully saturated rings. The van der Waals surface area contributed by atoms with E-state index in [1.807, 2.05) is 25.1 Å². The maximum absolute atomic E-state index is 11.6. The Morgan fingerprint density at radius 3 is 2.94 bits per heavy atom. The average Bonchev–Trinajstić information content (AvgIpc) is 2.31.